The molecule has 3 unspecified atom stereocenters. The Morgan fingerprint density at radius 2 is 2.55 bits per heavy atom. The van der Waals surface area contributed by atoms with Gasteiger partial charge in [-0.25, -0.2) is 0 Å². The Kier molecular flexibility index (Phi) is 4.31. The van der Waals surface area contributed by atoms with Crippen molar-refractivity contribution in [1.82, 2.24) is 5.32 Å². The van der Waals surface area contributed by atoms with E-state index in [0.29, 0.717) is 12.5 Å². The summed E-state index contributed by atoms with van der Waals surface area (Å²) < 4.78 is 4.76. The van der Waals surface area contributed by atoms with Gasteiger partial charge >= 0.3 is 0 Å². The summed E-state index contributed by atoms with van der Waals surface area (Å²) in [4.78, 5) is 0. The minimum absolute atomic E-state index is 0.294. The number of hydrogen-bond donors (Lipinski definition) is 2. The van der Waals surface area contributed by atoms with Gasteiger partial charge in [0.05, 0.1) is 12.7 Å². The summed E-state index contributed by atoms with van der Waals surface area (Å²) in [5.41, 5.74) is 0. The van der Waals surface area contributed by atoms with Crippen molar-refractivity contribution in [2.45, 2.75) is 18.9 Å². The van der Waals surface area contributed by atoms with Gasteiger partial charge in [-0.3, -0.25) is 0 Å². The molecule has 0 spiro atoms. The van der Waals surface area contributed by atoms with Crippen molar-refractivity contribution in [2.24, 2.45) is 5.92 Å². The fourth-order valence-electron chi connectivity index (χ4n) is 1.48. The average molecular weight is 177 g/mol. The van der Waals surface area contributed by atoms with Crippen LogP contribution in [-0.2, 0) is 4.52 Å². The van der Waals surface area contributed by atoms with Crippen LogP contribution in [0.25, 0.3) is 0 Å². The second-order valence-electron chi connectivity index (χ2n) is 3.08. The lowest BCUT2D eigenvalue weighted by Gasteiger charge is -2.13. The van der Waals surface area contributed by atoms with E-state index in [1.165, 1.54) is 6.42 Å². The van der Waals surface area contributed by atoms with E-state index >= 15 is 0 Å². The molecule has 4 heteroatoms. The lowest BCUT2D eigenvalue weighted by atomic mass is 10.0. The normalized spacial score (nSPS) is 27.3. The summed E-state index contributed by atoms with van der Waals surface area (Å²) in [5.74, 6) is 0.644. The molecule has 0 bridgehead atoms. The molecule has 3 nitrogen and oxygen atoms in total. The number of rotatable bonds is 4. The molecule has 1 fully saturated rings. The second kappa shape index (κ2) is 5.04. The molecule has 0 radical (unpaired) electrons. The molecule has 0 aromatic carbocycles. The number of aliphatic hydroxyl groups excluding tert-OH is 1. The van der Waals surface area contributed by atoms with Crippen LogP contribution < -0.4 is 5.32 Å². The monoisotopic (exact) mass is 177 g/mol. The van der Waals surface area contributed by atoms with Crippen molar-refractivity contribution < 1.29 is 9.63 Å². The maximum absolute atomic E-state index is 9.34. The molecule has 2 N–H and O–H groups in total. The highest BCUT2D eigenvalue weighted by Gasteiger charge is 2.17. The van der Waals surface area contributed by atoms with Gasteiger partial charge in [0.2, 0.25) is 0 Å². The highest BCUT2D eigenvalue weighted by molar-refractivity contribution is 7.09. The lowest BCUT2D eigenvalue weighted by molar-refractivity contribution is 0.0960. The average Bonchev–Trinajstić information content (AvgIpc) is 2.40. The first-order valence-electron chi connectivity index (χ1n) is 4.03. The fraction of sp³-hybridized carbons (Fsp3) is 1.00. The zero-order valence-electron chi connectivity index (χ0n) is 6.62. The molecule has 3 atom stereocenters. The highest BCUT2D eigenvalue weighted by Crippen LogP contribution is 2.14. The van der Waals surface area contributed by atoms with Gasteiger partial charge in [0.15, 0.2) is 0 Å². The molecular formula is C7H16NO2P. The van der Waals surface area contributed by atoms with Gasteiger partial charge in [-0.1, -0.05) is 0 Å². The van der Waals surface area contributed by atoms with E-state index in [9.17, 15) is 5.11 Å². The smallest absolute Gasteiger partial charge is 0.0780 e. The Bertz CT molecular complexity index is 107. The molecule has 0 aromatic rings. The maximum Gasteiger partial charge on any atom is 0.0780 e. The molecule has 1 aliphatic rings. The van der Waals surface area contributed by atoms with Crippen LogP contribution in [0.3, 0.4) is 0 Å². The van der Waals surface area contributed by atoms with Crippen molar-refractivity contribution in [2.75, 3.05) is 19.7 Å². The van der Waals surface area contributed by atoms with Crippen LogP contribution >= 0.6 is 9.47 Å². The van der Waals surface area contributed by atoms with Crippen LogP contribution in [0, 0.1) is 5.92 Å². The predicted molar refractivity (Wildman–Crippen MR) is 47.3 cm³/mol. The summed E-state index contributed by atoms with van der Waals surface area (Å²) in [7, 11) is 2.16. The van der Waals surface area contributed by atoms with Crippen LogP contribution in [0.5, 0.6) is 0 Å². The largest absolute Gasteiger partial charge is 0.391 e. The Morgan fingerprint density at radius 3 is 3.09 bits per heavy atom. The van der Waals surface area contributed by atoms with Gasteiger partial charge in [0.1, 0.15) is 0 Å². The van der Waals surface area contributed by atoms with Gasteiger partial charge in [-0.2, -0.15) is 0 Å². The van der Waals surface area contributed by atoms with Crippen LogP contribution in [0.4, 0.5) is 0 Å². The molecule has 0 aromatic heterocycles. The molecule has 0 saturated carbocycles. The quantitative estimate of drug-likeness (QED) is 0.601. The first-order valence-corrected chi connectivity index (χ1v) is 4.50. The molecule has 0 amide bonds. The Hall–Kier alpha value is 0.310. The summed E-state index contributed by atoms with van der Waals surface area (Å²) in [6, 6.07) is 0. The van der Waals surface area contributed by atoms with E-state index in [-0.39, 0.29) is 6.10 Å². The summed E-state index contributed by atoms with van der Waals surface area (Å²) >= 11 is 0. The van der Waals surface area contributed by atoms with E-state index in [2.05, 4.69) is 14.8 Å². The molecule has 11 heavy (non-hydrogen) atoms. The second-order valence-corrected chi connectivity index (χ2v) is 3.42. The summed E-state index contributed by atoms with van der Waals surface area (Å²) in [6.07, 6.45) is 1.76. The first-order chi connectivity index (χ1) is 5.33. The van der Waals surface area contributed by atoms with Crippen LogP contribution in [0.1, 0.15) is 12.8 Å². The van der Waals surface area contributed by atoms with Crippen molar-refractivity contribution >= 4 is 9.47 Å². The van der Waals surface area contributed by atoms with Gasteiger partial charge in [-0.15, -0.1) is 0 Å². The van der Waals surface area contributed by atoms with Gasteiger partial charge < -0.3 is 14.9 Å². The van der Waals surface area contributed by atoms with Crippen molar-refractivity contribution in [3.05, 3.63) is 0 Å². The van der Waals surface area contributed by atoms with E-state index in [1.807, 2.05) is 0 Å². The third kappa shape index (κ3) is 3.48. The number of nitrogens with one attached hydrogen (secondary N) is 1. The molecular weight excluding hydrogens is 161 g/mol. The Balaban J connectivity index is 2.08. The van der Waals surface area contributed by atoms with Gasteiger partial charge in [0.25, 0.3) is 0 Å². The van der Waals surface area contributed by atoms with Gasteiger partial charge in [0, 0.05) is 9.47 Å². The zero-order chi connectivity index (χ0) is 8.10. The molecule has 1 rings (SSSR count). The molecule has 1 saturated heterocycles. The highest BCUT2D eigenvalue weighted by atomic mass is 31.0. The van der Waals surface area contributed by atoms with Crippen LogP contribution in [0.2, 0.25) is 0 Å². The SMILES string of the molecule is OC(COP)CC1CCNC1. The third-order valence-electron chi connectivity index (χ3n) is 2.06. The molecule has 1 aliphatic heterocycles. The Morgan fingerprint density at radius 1 is 1.73 bits per heavy atom. The third-order valence-corrected chi connectivity index (χ3v) is 2.25. The van der Waals surface area contributed by atoms with Crippen molar-refractivity contribution in [3.63, 3.8) is 0 Å². The zero-order valence-corrected chi connectivity index (χ0v) is 7.78. The van der Waals surface area contributed by atoms with Crippen LogP contribution in [0.15, 0.2) is 0 Å². The summed E-state index contributed by atoms with van der Waals surface area (Å²) in [5, 5.41) is 12.6. The fourth-order valence-corrected chi connectivity index (χ4v) is 1.70. The summed E-state index contributed by atoms with van der Waals surface area (Å²) in [6.45, 7) is 2.58. The molecule has 1 heterocycles. The van der Waals surface area contributed by atoms with E-state index in [4.69, 9.17) is 4.52 Å². The number of hydrogen-bond acceptors (Lipinski definition) is 3. The predicted octanol–water partition coefficient (Wildman–Crippen LogP) is 0.154. The minimum atomic E-state index is -0.294. The maximum atomic E-state index is 9.34. The van der Waals surface area contributed by atoms with E-state index in [0.717, 1.165) is 19.5 Å². The molecule has 0 aliphatic carbocycles. The van der Waals surface area contributed by atoms with Crippen molar-refractivity contribution in [3.8, 4) is 0 Å². The Labute approximate surface area is 69.8 Å². The van der Waals surface area contributed by atoms with E-state index < -0.39 is 0 Å². The first kappa shape index (κ1) is 9.40. The minimum Gasteiger partial charge on any atom is -0.391 e. The number of aliphatic hydroxyl groups is 1. The van der Waals surface area contributed by atoms with E-state index in [1.54, 1.807) is 0 Å². The van der Waals surface area contributed by atoms with Gasteiger partial charge in [-0.05, 0) is 31.8 Å². The van der Waals surface area contributed by atoms with Crippen molar-refractivity contribution in [1.29, 1.82) is 0 Å². The lowest BCUT2D eigenvalue weighted by Crippen LogP contribution is -2.19. The molecule has 66 valence electrons. The van der Waals surface area contributed by atoms with Crippen LogP contribution in [-0.4, -0.2) is 30.9 Å². The topological polar surface area (TPSA) is 41.5 Å². The standard InChI is InChI=1S/C7H16NO2P/c9-7(5-10-11)3-6-1-2-8-4-6/h6-9H,1-5,11H2.